The standard InChI is InChI=1S/C18H28N4O4S/c1-12-10-13(2)15(4)17(14(12)3)27(25,26)22-8-6-21(7-9-22)11-16(23)20-18(24)19-5/h10H,6-9,11H2,1-5H3,(H2,19,20,23,24). The fourth-order valence-electron chi connectivity index (χ4n) is 3.26. The van der Waals surface area contributed by atoms with Crippen LogP contribution in [0.1, 0.15) is 22.3 Å². The van der Waals surface area contributed by atoms with Crippen molar-refractivity contribution in [1.29, 1.82) is 0 Å². The highest BCUT2D eigenvalue weighted by molar-refractivity contribution is 7.89. The minimum Gasteiger partial charge on any atom is -0.341 e. The van der Waals surface area contributed by atoms with Crippen LogP contribution in [0.3, 0.4) is 0 Å². The Hall–Kier alpha value is -1.97. The van der Waals surface area contributed by atoms with E-state index >= 15 is 0 Å². The Morgan fingerprint density at radius 3 is 2.00 bits per heavy atom. The lowest BCUT2D eigenvalue weighted by Crippen LogP contribution is -2.52. The van der Waals surface area contributed by atoms with Crippen LogP contribution in [0.15, 0.2) is 11.0 Å². The number of nitrogens with zero attached hydrogens (tertiary/aromatic N) is 2. The molecule has 0 atom stereocenters. The molecule has 9 heteroatoms. The monoisotopic (exact) mass is 396 g/mol. The number of piperazine rings is 1. The summed E-state index contributed by atoms with van der Waals surface area (Å²) >= 11 is 0. The molecule has 1 saturated heterocycles. The molecule has 1 aromatic carbocycles. The highest BCUT2D eigenvalue weighted by atomic mass is 32.2. The first-order valence-electron chi connectivity index (χ1n) is 8.89. The van der Waals surface area contributed by atoms with E-state index in [4.69, 9.17) is 0 Å². The number of aryl methyl sites for hydroxylation is 2. The number of nitrogens with one attached hydrogen (secondary N) is 2. The van der Waals surface area contributed by atoms with Crippen molar-refractivity contribution in [2.24, 2.45) is 0 Å². The molecule has 2 rings (SSSR count). The van der Waals surface area contributed by atoms with Crippen molar-refractivity contribution >= 4 is 22.0 Å². The van der Waals surface area contributed by atoms with Crippen LogP contribution in [0.5, 0.6) is 0 Å². The summed E-state index contributed by atoms with van der Waals surface area (Å²) in [5.41, 5.74) is 3.48. The van der Waals surface area contributed by atoms with Gasteiger partial charge in [0.1, 0.15) is 0 Å². The lowest BCUT2D eigenvalue weighted by atomic mass is 10.0. The van der Waals surface area contributed by atoms with Gasteiger partial charge in [-0.25, -0.2) is 13.2 Å². The van der Waals surface area contributed by atoms with Gasteiger partial charge in [-0.2, -0.15) is 4.31 Å². The molecule has 1 aliphatic rings. The van der Waals surface area contributed by atoms with Gasteiger partial charge in [-0.3, -0.25) is 15.0 Å². The number of hydrogen-bond donors (Lipinski definition) is 2. The maximum Gasteiger partial charge on any atom is 0.321 e. The van der Waals surface area contributed by atoms with E-state index in [2.05, 4.69) is 10.6 Å². The summed E-state index contributed by atoms with van der Waals surface area (Å²) in [5, 5.41) is 4.53. The number of carbonyl (C=O) groups excluding carboxylic acids is 2. The molecular weight excluding hydrogens is 368 g/mol. The number of hydrogen-bond acceptors (Lipinski definition) is 5. The first-order valence-corrected chi connectivity index (χ1v) is 10.3. The summed E-state index contributed by atoms with van der Waals surface area (Å²) in [7, 11) is -2.17. The maximum absolute atomic E-state index is 13.2. The van der Waals surface area contributed by atoms with Gasteiger partial charge in [0.15, 0.2) is 0 Å². The quantitative estimate of drug-likeness (QED) is 0.780. The van der Waals surface area contributed by atoms with Crippen LogP contribution in [0, 0.1) is 27.7 Å². The molecule has 0 aromatic heterocycles. The van der Waals surface area contributed by atoms with Gasteiger partial charge in [0.2, 0.25) is 15.9 Å². The van der Waals surface area contributed by atoms with Gasteiger partial charge in [-0.05, 0) is 49.9 Å². The summed E-state index contributed by atoms with van der Waals surface area (Å²) < 4.78 is 27.9. The van der Waals surface area contributed by atoms with Gasteiger partial charge in [-0.1, -0.05) is 6.07 Å². The van der Waals surface area contributed by atoms with Crippen molar-refractivity contribution in [3.63, 3.8) is 0 Å². The molecule has 0 bridgehead atoms. The van der Waals surface area contributed by atoms with Gasteiger partial charge < -0.3 is 5.32 Å². The smallest absolute Gasteiger partial charge is 0.321 e. The topological polar surface area (TPSA) is 98.8 Å². The van der Waals surface area contributed by atoms with Crippen molar-refractivity contribution in [3.8, 4) is 0 Å². The molecule has 27 heavy (non-hydrogen) atoms. The van der Waals surface area contributed by atoms with Crippen molar-refractivity contribution in [1.82, 2.24) is 19.8 Å². The number of urea groups is 1. The molecule has 8 nitrogen and oxygen atoms in total. The number of imide groups is 1. The lowest BCUT2D eigenvalue weighted by molar-refractivity contribution is -0.121. The molecule has 0 spiro atoms. The van der Waals surface area contributed by atoms with Crippen LogP contribution >= 0.6 is 0 Å². The number of carbonyl (C=O) groups is 2. The molecule has 0 radical (unpaired) electrons. The van der Waals surface area contributed by atoms with Gasteiger partial charge in [0.05, 0.1) is 11.4 Å². The molecule has 0 aliphatic carbocycles. The molecule has 0 saturated carbocycles. The SMILES string of the molecule is CNC(=O)NC(=O)CN1CCN(S(=O)(=O)c2c(C)c(C)cc(C)c2C)CC1. The molecule has 1 aromatic rings. The third-order valence-electron chi connectivity index (χ3n) is 5.07. The Balaban J connectivity index is 2.10. The van der Waals surface area contributed by atoms with Crippen LogP contribution in [-0.2, 0) is 14.8 Å². The fourth-order valence-corrected chi connectivity index (χ4v) is 5.25. The Morgan fingerprint density at radius 2 is 1.52 bits per heavy atom. The van der Waals surface area contributed by atoms with Gasteiger partial charge >= 0.3 is 6.03 Å². The number of sulfonamides is 1. The third-order valence-corrected chi connectivity index (χ3v) is 7.25. The second-order valence-corrected chi connectivity index (χ2v) is 8.77. The Labute approximate surface area is 161 Å². The number of rotatable bonds is 4. The second-order valence-electron chi connectivity index (χ2n) is 6.90. The zero-order valence-electron chi connectivity index (χ0n) is 16.5. The van der Waals surface area contributed by atoms with Crippen LogP contribution in [0.2, 0.25) is 0 Å². The van der Waals surface area contributed by atoms with E-state index in [1.54, 1.807) is 0 Å². The van der Waals surface area contributed by atoms with E-state index in [-0.39, 0.29) is 6.54 Å². The minimum absolute atomic E-state index is 0.0584. The van der Waals surface area contributed by atoms with Crippen molar-refractivity contribution in [2.75, 3.05) is 39.8 Å². The minimum atomic E-state index is -3.60. The van der Waals surface area contributed by atoms with E-state index in [0.717, 1.165) is 22.3 Å². The summed E-state index contributed by atoms with van der Waals surface area (Å²) in [6.45, 7) is 9.06. The Morgan fingerprint density at radius 1 is 1.00 bits per heavy atom. The summed E-state index contributed by atoms with van der Waals surface area (Å²) in [5.74, 6) is -0.411. The maximum atomic E-state index is 13.2. The van der Waals surface area contributed by atoms with E-state index in [1.165, 1.54) is 11.4 Å². The average molecular weight is 397 g/mol. The summed E-state index contributed by atoms with van der Waals surface area (Å²) in [6, 6.07) is 1.45. The van der Waals surface area contributed by atoms with Crippen LogP contribution in [-0.4, -0.2) is 69.3 Å². The lowest BCUT2D eigenvalue weighted by Gasteiger charge is -2.34. The zero-order chi connectivity index (χ0) is 20.4. The van der Waals surface area contributed by atoms with Crippen molar-refractivity contribution in [3.05, 3.63) is 28.3 Å². The molecule has 2 N–H and O–H groups in total. The largest absolute Gasteiger partial charge is 0.341 e. The van der Waals surface area contributed by atoms with Crippen molar-refractivity contribution < 1.29 is 18.0 Å². The van der Waals surface area contributed by atoms with E-state index in [9.17, 15) is 18.0 Å². The molecule has 3 amide bonds. The highest BCUT2D eigenvalue weighted by Gasteiger charge is 2.32. The summed E-state index contributed by atoms with van der Waals surface area (Å²) in [6.07, 6.45) is 0. The first-order chi connectivity index (χ1) is 12.6. The number of benzene rings is 1. The predicted molar refractivity (Wildman–Crippen MR) is 103 cm³/mol. The normalized spacial score (nSPS) is 16.2. The third kappa shape index (κ3) is 4.66. The molecule has 0 unspecified atom stereocenters. The molecule has 1 fully saturated rings. The van der Waals surface area contributed by atoms with Crippen LogP contribution in [0.25, 0.3) is 0 Å². The van der Waals surface area contributed by atoms with Gasteiger partial charge in [0.25, 0.3) is 0 Å². The van der Waals surface area contributed by atoms with Crippen molar-refractivity contribution in [2.45, 2.75) is 32.6 Å². The average Bonchev–Trinajstić information content (AvgIpc) is 2.60. The zero-order valence-corrected chi connectivity index (χ0v) is 17.4. The molecule has 1 heterocycles. The highest BCUT2D eigenvalue weighted by Crippen LogP contribution is 2.29. The molecule has 1 aliphatic heterocycles. The van der Waals surface area contributed by atoms with Crippen LogP contribution in [0.4, 0.5) is 4.79 Å². The fraction of sp³-hybridized carbons (Fsp3) is 0.556. The molecule has 150 valence electrons. The van der Waals surface area contributed by atoms with Gasteiger partial charge in [0, 0.05) is 33.2 Å². The van der Waals surface area contributed by atoms with E-state index in [1.807, 2.05) is 38.7 Å². The van der Waals surface area contributed by atoms with Crippen LogP contribution < -0.4 is 10.6 Å². The predicted octanol–water partition coefficient (Wildman–Crippen LogP) is 0.682. The Bertz CT molecular complexity index is 817. The van der Waals surface area contributed by atoms with E-state index in [0.29, 0.717) is 31.1 Å². The van der Waals surface area contributed by atoms with Gasteiger partial charge in [-0.15, -0.1) is 0 Å². The first kappa shape index (κ1) is 21.3. The number of amides is 3. The summed E-state index contributed by atoms with van der Waals surface area (Å²) in [4.78, 5) is 25.2. The second kappa shape index (κ2) is 8.37. The Kier molecular flexibility index (Phi) is 6.61. The van der Waals surface area contributed by atoms with E-state index < -0.39 is 22.0 Å². The molecular formula is C18H28N4O4S.